The van der Waals surface area contributed by atoms with Crippen molar-refractivity contribution in [2.24, 2.45) is 0 Å². The number of carboxylic acid groups (broad SMARTS) is 1. The summed E-state index contributed by atoms with van der Waals surface area (Å²) in [6, 6.07) is 5.32. The van der Waals surface area contributed by atoms with Crippen molar-refractivity contribution in [2.45, 2.75) is 13.3 Å². The van der Waals surface area contributed by atoms with Crippen molar-refractivity contribution in [2.75, 3.05) is 0 Å². The van der Waals surface area contributed by atoms with Gasteiger partial charge in [0.15, 0.2) is 0 Å². The van der Waals surface area contributed by atoms with Gasteiger partial charge in [0.25, 0.3) is 0 Å². The van der Waals surface area contributed by atoms with Gasteiger partial charge in [0.2, 0.25) is 0 Å². The van der Waals surface area contributed by atoms with Crippen molar-refractivity contribution in [1.82, 2.24) is 4.98 Å². The molecule has 1 aliphatic rings. The third kappa shape index (κ3) is 1.43. The van der Waals surface area contributed by atoms with Gasteiger partial charge in [-0.15, -0.1) is 0 Å². The smallest absolute Gasteiger partial charge is 0.335 e. The lowest BCUT2D eigenvalue weighted by molar-refractivity contribution is 0.0697. The number of aromatic nitrogens is 1. The van der Waals surface area contributed by atoms with Crippen LogP contribution in [0.15, 0.2) is 30.6 Å². The summed E-state index contributed by atoms with van der Waals surface area (Å²) in [5, 5.41) is 8.98. The molecule has 0 fully saturated rings. The van der Waals surface area contributed by atoms with Crippen molar-refractivity contribution >= 4 is 5.97 Å². The molecular formula is C14H11NO2. The summed E-state index contributed by atoms with van der Waals surface area (Å²) in [6.07, 6.45) is 4.49. The Balaban J connectivity index is 2.21. The van der Waals surface area contributed by atoms with E-state index in [1.165, 1.54) is 11.1 Å². The monoisotopic (exact) mass is 225 g/mol. The van der Waals surface area contributed by atoms with E-state index in [-0.39, 0.29) is 0 Å². The molecule has 0 saturated heterocycles. The van der Waals surface area contributed by atoms with Crippen LogP contribution in [0.3, 0.4) is 0 Å². The van der Waals surface area contributed by atoms with Crippen LogP contribution < -0.4 is 0 Å². The first-order chi connectivity index (χ1) is 8.16. The van der Waals surface area contributed by atoms with Crippen molar-refractivity contribution < 1.29 is 9.90 Å². The van der Waals surface area contributed by atoms with E-state index in [4.69, 9.17) is 5.11 Å². The number of carboxylic acids is 1. The number of pyridine rings is 1. The number of aryl methyl sites for hydroxylation is 1. The molecule has 0 amide bonds. The van der Waals surface area contributed by atoms with Gasteiger partial charge in [0.1, 0.15) is 0 Å². The number of hydrogen-bond acceptors (Lipinski definition) is 2. The number of fused-ring (bicyclic) bond motifs is 3. The summed E-state index contributed by atoms with van der Waals surface area (Å²) in [7, 11) is 0. The summed E-state index contributed by atoms with van der Waals surface area (Å²) in [6.45, 7) is 2.03. The second-order valence-corrected chi connectivity index (χ2v) is 4.34. The van der Waals surface area contributed by atoms with Crippen LogP contribution in [0.5, 0.6) is 0 Å². The van der Waals surface area contributed by atoms with E-state index in [1.807, 2.05) is 25.4 Å². The zero-order valence-corrected chi connectivity index (χ0v) is 9.40. The molecule has 0 unspecified atom stereocenters. The van der Waals surface area contributed by atoms with Gasteiger partial charge in [0.05, 0.1) is 5.56 Å². The Kier molecular flexibility index (Phi) is 2.01. The summed E-state index contributed by atoms with van der Waals surface area (Å²) in [5.41, 5.74) is 6.11. The highest BCUT2D eigenvalue weighted by atomic mass is 16.4. The third-order valence-corrected chi connectivity index (χ3v) is 3.22. The van der Waals surface area contributed by atoms with Gasteiger partial charge in [-0.25, -0.2) is 4.79 Å². The van der Waals surface area contributed by atoms with Crippen molar-refractivity contribution in [3.63, 3.8) is 0 Å². The minimum atomic E-state index is -0.876. The Morgan fingerprint density at radius 3 is 2.88 bits per heavy atom. The fourth-order valence-corrected chi connectivity index (χ4v) is 2.46. The molecule has 17 heavy (non-hydrogen) atoms. The molecule has 0 aliphatic heterocycles. The summed E-state index contributed by atoms with van der Waals surface area (Å²) in [4.78, 5) is 15.1. The first kappa shape index (κ1) is 10.0. The Bertz CT molecular complexity index is 632. The fraction of sp³-hybridized carbons (Fsp3) is 0.143. The van der Waals surface area contributed by atoms with Crippen LogP contribution in [0, 0.1) is 6.92 Å². The van der Waals surface area contributed by atoms with Gasteiger partial charge >= 0.3 is 5.97 Å². The summed E-state index contributed by atoms with van der Waals surface area (Å²) < 4.78 is 0. The van der Waals surface area contributed by atoms with Crippen LogP contribution in [0.25, 0.3) is 11.1 Å². The van der Waals surface area contributed by atoms with Gasteiger partial charge in [-0.3, -0.25) is 4.98 Å². The van der Waals surface area contributed by atoms with Gasteiger partial charge < -0.3 is 5.11 Å². The predicted molar refractivity (Wildman–Crippen MR) is 64.2 cm³/mol. The number of carbonyl (C=O) groups is 1. The molecule has 1 aromatic heterocycles. The Morgan fingerprint density at radius 2 is 2.12 bits per heavy atom. The fourth-order valence-electron chi connectivity index (χ4n) is 2.46. The average molecular weight is 225 g/mol. The van der Waals surface area contributed by atoms with Crippen molar-refractivity contribution in [3.8, 4) is 11.1 Å². The standard InChI is InChI=1S/C14H11NO2/c1-8-6-15-7-11-5-10-4-9(14(16)17)2-3-12(10)13(8)11/h2-4,6-7H,5H2,1H3,(H,16,17). The van der Waals surface area contributed by atoms with Crippen LogP contribution in [0.4, 0.5) is 0 Å². The quantitative estimate of drug-likeness (QED) is 0.692. The van der Waals surface area contributed by atoms with Crippen molar-refractivity contribution in [1.29, 1.82) is 0 Å². The van der Waals surface area contributed by atoms with E-state index in [1.54, 1.807) is 12.1 Å². The van der Waals surface area contributed by atoms with Crippen LogP contribution >= 0.6 is 0 Å². The lowest BCUT2D eigenvalue weighted by Crippen LogP contribution is -1.96. The van der Waals surface area contributed by atoms with Gasteiger partial charge in [-0.05, 0) is 46.9 Å². The molecule has 1 heterocycles. The molecule has 1 aliphatic carbocycles. The second kappa shape index (κ2) is 3.42. The molecule has 0 radical (unpaired) electrons. The molecule has 0 atom stereocenters. The Labute approximate surface area is 98.8 Å². The largest absolute Gasteiger partial charge is 0.478 e. The van der Waals surface area contributed by atoms with Crippen LogP contribution in [0.1, 0.15) is 27.0 Å². The maximum atomic E-state index is 10.9. The summed E-state index contributed by atoms with van der Waals surface area (Å²) >= 11 is 0. The number of nitrogens with zero attached hydrogens (tertiary/aromatic N) is 1. The van der Waals surface area contributed by atoms with Gasteiger partial charge in [-0.1, -0.05) is 6.07 Å². The Morgan fingerprint density at radius 1 is 1.29 bits per heavy atom. The molecular weight excluding hydrogens is 214 g/mol. The molecule has 1 N–H and O–H groups in total. The van der Waals surface area contributed by atoms with Gasteiger partial charge in [-0.2, -0.15) is 0 Å². The molecule has 0 spiro atoms. The van der Waals surface area contributed by atoms with E-state index in [0.717, 1.165) is 23.1 Å². The lowest BCUT2D eigenvalue weighted by atomic mass is 10.0. The lowest BCUT2D eigenvalue weighted by Gasteiger charge is -2.04. The Hall–Kier alpha value is -2.16. The highest BCUT2D eigenvalue weighted by molar-refractivity contribution is 5.90. The molecule has 84 valence electrons. The normalized spacial score (nSPS) is 12.1. The minimum absolute atomic E-state index is 0.349. The van der Waals surface area contributed by atoms with E-state index in [2.05, 4.69) is 4.98 Å². The zero-order valence-electron chi connectivity index (χ0n) is 9.40. The molecule has 3 rings (SSSR count). The third-order valence-electron chi connectivity index (χ3n) is 3.22. The first-order valence-electron chi connectivity index (χ1n) is 5.47. The van der Waals surface area contributed by atoms with Crippen LogP contribution in [-0.2, 0) is 6.42 Å². The highest BCUT2D eigenvalue weighted by Gasteiger charge is 2.21. The van der Waals surface area contributed by atoms with Crippen LogP contribution in [0.2, 0.25) is 0 Å². The predicted octanol–water partition coefficient (Wildman–Crippen LogP) is 2.66. The first-order valence-corrected chi connectivity index (χ1v) is 5.47. The average Bonchev–Trinajstić information content (AvgIpc) is 2.67. The number of hydrogen-bond donors (Lipinski definition) is 1. The molecule has 2 aromatic rings. The number of rotatable bonds is 1. The molecule has 1 aromatic carbocycles. The maximum Gasteiger partial charge on any atom is 0.335 e. The zero-order chi connectivity index (χ0) is 12.0. The highest BCUT2D eigenvalue weighted by Crippen LogP contribution is 2.38. The summed E-state index contributed by atoms with van der Waals surface area (Å²) in [5.74, 6) is -0.876. The molecule has 0 saturated carbocycles. The SMILES string of the molecule is Cc1cncc2c1-c1ccc(C(=O)O)cc1C2. The number of benzene rings is 1. The van der Waals surface area contributed by atoms with Gasteiger partial charge in [0, 0.05) is 18.8 Å². The number of aromatic carboxylic acids is 1. The van der Waals surface area contributed by atoms with E-state index in [0.29, 0.717) is 5.56 Å². The van der Waals surface area contributed by atoms with E-state index < -0.39 is 5.97 Å². The second-order valence-electron chi connectivity index (χ2n) is 4.34. The topological polar surface area (TPSA) is 50.2 Å². The molecule has 3 heteroatoms. The molecule has 3 nitrogen and oxygen atoms in total. The molecule has 0 bridgehead atoms. The maximum absolute atomic E-state index is 10.9. The van der Waals surface area contributed by atoms with Crippen LogP contribution in [-0.4, -0.2) is 16.1 Å². The van der Waals surface area contributed by atoms with Crippen molar-refractivity contribution in [3.05, 3.63) is 52.8 Å². The van der Waals surface area contributed by atoms with E-state index >= 15 is 0 Å². The van der Waals surface area contributed by atoms with E-state index in [9.17, 15) is 4.79 Å². The minimum Gasteiger partial charge on any atom is -0.478 e.